The summed E-state index contributed by atoms with van der Waals surface area (Å²) in [6, 6.07) is 11.7. The number of carbonyl (C=O) groups is 2. The molecule has 14 nitrogen and oxygen atoms in total. The monoisotopic (exact) mass is 668 g/mol. The van der Waals surface area contributed by atoms with E-state index in [1.807, 2.05) is 6.92 Å². The van der Waals surface area contributed by atoms with E-state index >= 15 is 0 Å². The van der Waals surface area contributed by atoms with Crippen LogP contribution >= 0.6 is 0 Å². The first kappa shape index (κ1) is 34.0. The molecule has 1 saturated heterocycles. The van der Waals surface area contributed by atoms with Gasteiger partial charge in [-0.15, -0.1) is 5.01 Å². The highest BCUT2D eigenvalue weighted by atomic mass is 32.2. The van der Waals surface area contributed by atoms with Crippen LogP contribution < -0.4 is 4.72 Å². The average Bonchev–Trinajstić information content (AvgIpc) is 3.66. The molecule has 2 aromatic carbocycles. The van der Waals surface area contributed by atoms with Crippen molar-refractivity contribution in [2.75, 3.05) is 19.9 Å². The molecule has 1 atom stereocenters. The lowest BCUT2D eigenvalue weighted by Crippen LogP contribution is -2.40. The second-order valence-corrected chi connectivity index (χ2v) is 12.2. The van der Waals surface area contributed by atoms with Crippen molar-refractivity contribution < 1.29 is 50.5 Å². The molecule has 1 fully saturated rings. The summed E-state index contributed by atoms with van der Waals surface area (Å²) >= 11 is 0. The molecule has 0 bridgehead atoms. The molecule has 0 unspecified atom stereocenters. The normalized spacial score (nSPS) is 15.6. The third-order valence-electron chi connectivity index (χ3n) is 6.78. The molecule has 1 aliphatic rings. The Labute approximate surface area is 261 Å². The van der Waals surface area contributed by atoms with Crippen LogP contribution in [0.15, 0.2) is 64.8 Å². The number of aryl methyl sites for hydroxylation is 1. The summed E-state index contributed by atoms with van der Waals surface area (Å²) in [5.41, 5.74) is 0.518. The first-order chi connectivity index (χ1) is 21.7. The van der Waals surface area contributed by atoms with Crippen LogP contribution in [0.3, 0.4) is 0 Å². The Bertz CT molecular complexity index is 1680. The largest absolute Gasteiger partial charge is 0.569 e. The highest BCUT2D eigenvalue weighted by Crippen LogP contribution is 2.33. The van der Waals surface area contributed by atoms with E-state index < -0.39 is 52.7 Å². The molecular formula is C28H31F3N6O8S. The van der Waals surface area contributed by atoms with Crippen LogP contribution in [0.2, 0.25) is 0 Å². The van der Waals surface area contributed by atoms with Crippen molar-refractivity contribution in [3.8, 4) is 16.9 Å². The molecule has 18 heteroatoms. The van der Waals surface area contributed by atoms with Gasteiger partial charge in [0.05, 0.1) is 33.7 Å². The quantitative estimate of drug-likeness (QED) is 0.0755. The van der Waals surface area contributed by atoms with E-state index in [9.17, 15) is 36.4 Å². The SMILES string of the molecule is Cc1ccc(-c2cc(C(F)(F)F)nn2-c2ccc(S(=O)(=O)NC(=O)OC[C@@H]3CCCN3/[N+]([O-])=N\OCOC(=O)C(C)C)cc2)cc1. The number of nitrogens with one attached hydrogen (secondary N) is 1. The fourth-order valence-electron chi connectivity index (χ4n) is 4.37. The van der Waals surface area contributed by atoms with E-state index in [0.717, 1.165) is 28.4 Å². The highest BCUT2D eigenvalue weighted by molar-refractivity contribution is 7.90. The van der Waals surface area contributed by atoms with Gasteiger partial charge in [-0.05, 0) is 50.1 Å². The minimum absolute atomic E-state index is 0.127. The van der Waals surface area contributed by atoms with Crippen LogP contribution in [0.5, 0.6) is 0 Å². The molecule has 0 spiro atoms. The molecule has 248 valence electrons. The number of aromatic nitrogens is 2. The molecule has 4 rings (SSSR count). The summed E-state index contributed by atoms with van der Waals surface area (Å²) in [5.74, 6) is -0.932. The summed E-state index contributed by atoms with van der Waals surface area (Å²) in [6.07, 6.45) is -5.06. The molecule has 2 heterocycles. The third-order valence-corrected chi connectivity index (χ3v) is 8.11. The Morgan fingerprint density at radius 1 is 1.13 bits per heavy atom. The zero-order valence-corrected chi connectivity index (χ0v) is 25.7. The zero-order valence-electron chi connectivity index (χ0n) is 24.9. The van der Waals surface area contributed by atoms with Crippen molar-refractivity contribution in [1.82, 2.24) is 19.5 Å². The van der Waals surface area contributed by atoms with Gasteiger partial charge < -0.3 is 19.5 Å². The number of benzene rings is 2. The maximum atomic E-state index is 13.5. The Morgan fingerprint density at radius 2 is 1.80 bits per heavy atom. The van der Waals surface area contributed by atoms with E-state index in [0.29, 0.717) is 18.4 Å². The number of sulfonamides is 1. The summed E-state index contributed by atoms with van der Waals surface area (Å²) in [6.45, 7) is 4.38. The number of esters is 1. The molecule has 0 saturated carbocycles. The van der Waals surface area contributed by atoms with Gasteiger partial charge in [0.15, 0.2) is 5.69 Å². The zero-order chi connectivity index (χ0) is 33.6. The van der Waals surface area contributed by atoms with Gasteiger partial charge >= 0.3 is 18.2 Å². The number of hydrazine groups is 1. The van der Waals surface area contributed by atoms with Gasteiger partial charge in [-0.25, -0.2) is 22.6 Å². The van der Waals surface area contributed by atoms with Crippen LogP contribution in [0, 0.1) is 18.0 Å². The fourth-order valence-corrected chi connectivity index (χ4v) is 5.26. The fraction of sp³-hybridized carbons (Fsp3) is 0.393. The minimum Gasteiger partial charge on any atom is -0.569 e. The maximum Gasteiger partial charge on any atom is 0.435 e. The predicted molar refractivity (Wildman–Crippen MR) is 153 cm³/mol. The van der Waals surface area contributed by atoms with E-state index in [1.54, 1.807) is 42.8 Å². The number of carbonyl (C=O) groups excluding carboxylic acids is 2. The Morgan fingerprint density at radius 3 is 2.43 bits per heavy atom. The van der Waals surface area contributed by atoms with Crippen LogP contribution in [0.4, 0.5) is 18.0 Å². The third kappa shape index (κ3) is 8.43. The van der Waals surface area contributed by atoms with Gasteiger partial charge in [0.2, 0.25) is 5.28 Å². The standard InChI is InChI=1S/C28H31F3N6O8S/c1-18(2)26(38)44-17-45-34-37(40)35-14-4-5-22(35)16-43-27(39)33-46(41,42)23-12-10-21(11-13-23)36-24(15-25(32-36)28(29,30)31)20-8-6-19(3)7-9-20/h6-13,15,18,22H,4-5,14,16-17H2,1-3H3,(H,33,39)/b37-34+/t22-/m0/s1. The molecule has 3 aromatic rings. The van der Waals surface area contributed by atoms with Gasteiger partial charge in [-0.1, -0.05) is 43.7 Å². The van der Waals surface area contributed by atoms with Crippen LogP contribution in [-0.4, -0.2) is 66.2 Å². The highest BCUT2D eigenvalue weighted by Gasteiger charge is 2.36. The summed E-state index contributed by atoms with van der Waals surface area (Å²) < 4.78 is 78.8. The topological polar surface area (TPSA) is 167 Å². The van der Waals surface area contributed by atoms with Gasteiger partial charge in [0.1, 0.15) is 12.6 Å². The molecule has 1 N–H and O–H groups in total. The van der Waals surface area contributed by atoms with Gasteiger partial charge in [-0.2, -0.15) is 18.3 Å². The molecule has 1 amide bonds. The number of hydrogen-bond acceptors (Lipinski definition) is 10. The molecule has 46 heavy (non-hydrogen) atoms. The van der Waals surface area contributed by atoms with Crippen molar-refractivity contribution in [2.45, 2.75) is 50.7 Å². The number of rotatable bonds is 11. The summed E-state index contributed by atoms with van der Waals surface area (Å²) in [7, 11) is -4.45. The summed E-state index contributed by atoms with van der Waals surface area (Å²) in [4.78, 5) is 28.3. The first-order valence-corrected chi connectivity index (χ1v) is 15.4. The number of halogens is 3. The van der Waals surface area contributed by atoms with Crippen molar-refractivity contribution in [3.63, 3.8) is 0 Å². The lowest BCUT2D eigenvalue weighted by molar-refractivity contribution is -0.715. The van der Waals surface area contributed by atoms with Crippen LogP contribution in [0.1, 0.15) is 37.9 Å². The van der Waals surface area contributed by atoms with E-state index in [4.69, 9.17) is 14.3 Å². The van der Waals surface area contributed by atoms with Crippen LogP contribution in [-0.2, 0) is 35.3 Å². The molecule has 1 aliphatic heterocycles. The minimum atomic E-state index is -4.72. The Kier molecular flexibility index (Phi) is 10.4. The number of hydrogen-bond donors (Lipinski definition) is 1. The molecule has 1 aromatic heterocycles. The number of alkyl halides is 3. The van der Waals surface area contributed by atoms with Crippen molar-refractivity contribution >= 4 is 22.1 Å². The Hall–Kier alpha value is -4.87. The lowest BCUT2D eigenvalue weighted by atomic mass is 10.1. The molecule has 0 aliphatic carbocycles. The van der Waals surface area contributed by atoms with Crippen LogP contribution in [0.25, 0.3) is 16.9 Å². The van der Waals surface area contributed by atoms with Crippen molar-refractivity contribution in [3.05, 3.63) is 71.1 Å². The Balaban J connectivity index is 1.39. The average molecular weight is 669 g/mol. The van der Waals surface area contributed by atoms with Crippen molar-refractivity contribution in [2.24, 2.45) is 11.2 Å². The second-order valence-electron chi connectivity index (χ2n) is 10.5. The smallest absolute Gasteiger partial charge is 0.435 e. The van der Waals surface area contributed by atoms with E-state index in [1.165, 1.54) is 17.1 Å². The van der Waals surface area contributed by atoms with Gasteiger partial charge in [-0.3, -0.25) is 4.79 Å². The number of ether oxygens (including phenoxy) is 2. The first-order valence-electron chi connectivity index (χ1n) is 13.9. The van der Waals surface area contributed by atoms with Gasteiger partial charge in [0.25, 0.3) is 16.8 Å². The maximum absolute atomic E-state index is 13.5. The van der Waals surface area contributed by atoms with E-state index in [2.05, 4.69) is 10.4 Å². The number of nitrogens with zero attached hydrogens (tertiary/aromatic N) is 5. The predicted octanol–water partition coefficient (Wildman–Crippen LogP) is 4.71. The molecule has 0 radical (unpaired) electrons. The van der Waals surface area contributed by atoms with Crippen molar-refractivity contribution in [1.29, 1.82) is 0 Å². The number of amides is 1. The lowest BCUT2D eigenvalue weighted by Gasteiger charge is -2.19. The van der Waals surface area contributed by atoms with Gasteiger partial charge in [0, 0.05) is 5.56 Å². The van der Waals surface area contributed by atoms with E-state index in [-0.39, 0.29) is 34.4 Å². The molecular weight excluding hydrogens is 637 g/mol. The summed E-state index contributed by atoms with van der Waals surface area (Å²) in [5, 5.41) is 20.5. The second kappa shape index (κ2) is 14.1.